The number of anilines is 1. The van der Waals surface area contributed by atoms with Crippen LogP contribution >= 0.6 is 0 Å². The summed E-state index contributed by atoms with van der Waals surface area (Å²) in [7, 11) is 0. The SMILES string of the molecule is Cc1cc(N)c(C#N)c2c1CCC[C@]21Cc2nc(OC[I-]34CCCN3C[C@H](F)C4)nc([N+]3=CC(F)(F)COCC3)c2CO1. The molecule has 2 N–H and O–H groups in total. The number of halogens is 4. The number of aryl methyl sites for hydroxylation is 1. The molecule has 0 saturated carbocycles. The van der Waals surface area contributed by atoms with Gasteiger partial charge in [0.05, 0.1) is 0 Å². The van der Waals surface area contributed by atoms with Crippen LogP contribution in [0.15, 0.2) is 6.07 Å². The Hall–Kier alpha value is -2.54. The van der Waals surface area contributed by atoms with Gasteiger partial charge in [0.2, 0.25) is 0 Å². The fourth-order valence-electron chi connectivity index (χ4n) is 7.40. The molecule has 1 spiro atoms. The van der Waals surface area contributed by atoms with E-state index in [1.807, 2.05) is 13.0 Å². The molecule has 5 aliphatic rings. The van der Waals surface area contributed by atoms with E-state index in [9.17, 15) is 18.4 Å². The van der Waals surface area contributed by atoms with Crippen LogP contribution in [0, 0.1) is 18.3 Å². The number of nitrogen functional groups attached to an aromatic ring is 1. The first-order valence-corrected chi connectivity index (χ1v) is 20.3. The van der Waals surface area contributed by atoms with Crippen molar-refractivity contribution in [3.63, 3.8) is 0 Å². The quantitative estimate of drug-likeness (QED) is 0.160. The number of alkyl halides is 6. The van der Waals surface area contributed by atoms with Crippen molar-refractivity contribution < 1.29 is 50.7 Å². The summed E-state index contributed by atoms with van der Waals surface area (Å²) in [5, 5.41) is 10.1. The zero-order valence-electron chi connectivity index (χ0n) is 24.2. The van der Waals surface area contributed by atoms with Gasteiger partial charge in [-0.25, -0.2) is 0 Å². The van der Waals surface area contributed by atoms with Crippen molar-refractivity contribution in [1.82, 2.24) is 13.1 Å². The van der Waals surface area contributed by atoms with Crippen LogP contribution in [-0.4, -0.2) is 82.3 Å². The zero-order chi connectivity index (χ0) is 30.0. The van der Waals surface area contributed by atoms with Crippen LogP contribution in [0.4, 0.5) is 24.7 Å². The molecule has 4 aliphatic heterocycles. The van der Waals surface area contributed by atoms with Crippen molar-refractivity contribution in [3.05, 3.63) is 39.6 Å². The van der Waals surface area contributed by atoms with Gasteiger partial charge in [-0.2, -0.15) is 0 Å². The van der Waals surface area contributed by atoms with Crippen molar-refractivity contribution in [2.45, 2.75) is 63.3 Å². The maximum atomic E-state index is 14.7. The number of benzene rings is 1. The molecule has 232 valence electrons. The summed E-state index contributed by atoms with van der Waals surface area (Å²) in [5.74, 6) is -2.87. The summed E-state index contributed by atoms with van der Waals surface area (Å²) in [6, 6.07) is 4.27. The third-order valence-corrected chi connectivity index (χ3v) is 19.9. The Bertz CT molecular complexity index is 1550. The van der Waals surface area contributed by atoms with E-state index in [2.05, 4.69) is 14.2 Å². The predicted molar refractivity (Wildman–Crippen MR) is 148 cm³/mol. The normalized spacial score (nSPS) is 31.2. The van der Waals surface area contributed by atoms with E-state index in [0.29, 0.717) is 56.8 Å². The first kappa shape index (κ1) is 29.2. The molecule has 2 fully saturated rings. The van der Waals surface area contributed by atoms with Gasteiger partial charge in [0.25, 0.3) is 0 Å². The number of nitrogens with two attached hydrogens (primary N) is 1. The molecule has 3 atom stereocenters. The first-order chi connectivity index (χ1) is 20.6. The van der Waals surface area contributed by atoms with Crippen molar-refractivity contribution in [2.24, 2.45) is 0 Å². The second-order valence-electron chi connectivity index (χ2n) is 12.2. The molecular weight excluding hydrogens is 676 g/mol. The Kier molecular flexibility index (Phi) is 7.34. The molecule has 0 amide bonds. The molecule has 1 aromatic carbocycles. The number of nitrogens with zero attached hydrogens (tertiary/aromatic N) is 5. The number of hydrogen-bond acceptors (Lipinski definition) is 8. The van der Waals surface area contributed by atoms with E-state index < -0.39 is 43.0 Å². The fourth-order valence-corrected chi connectivity index (χ4v) is 17.3. The predicted octanol–water partition coefficient (Wildman–Crippen LogP) is 0.393. The molecule has 0 radical (unpaired) electrons. The number of rotatable bonds is 4. The first-order valence-electron chi connectivity index (χ1n) is 14.8. The number of aromatic nitrogens is 2. The summed E-state index contributed by atoms with van der Waals surface area (Å²) in [6.07, 6.45) is 3.74. The van der Waals surface area contributed by atoms with Crippen LogP contribution in [0.2, 0.25) is 0 Å². The van der Waals surface area contributed by atoms with Crippen LogP contribution in [0.1, 0.15) is 52.8 Å². The molecule has 5 heterocycles. The summed E-state index contributed by atoms with van der Waals surface area (Å²) in [6.45, 7) is 3.03. The molecule has 43 heavy (non-hydrogen) atoms. The van der Waals surface area contributed by atoms with E-state index >= 15 is 0 Å². The van der Waals surface area contributed by atoms with E-state index in [1.54, 1.807) is 0 Å². The number of fused-ring (bicyclic) bond motifs is 4. The van der Waals surface area contributed by atoms with Crippen molar-refractivity contribution in [1.29, 1.82) is 5.26 Å². The Balaban J connectivity index is 1.32. The second-order valence-corrected chi connectivity index (χ2v) is 21.4. The van der Waals surface area contributed by atoms with Crippen LogP contribution in [0.25, 0.3) is 0 Å². The Labute approximate surface area is 253 Å². The standard InChI is InChI=1S/C30H36F3IN6O3/c1-19-10-24(36)22(13-35)26-21(19)4-2-5-29(26)11-25-23(15-43-29)27(39-8-9-41-17-30(32,33)16-39)38-28(37-25)42-18-34-6-3-7-40(34)14-20(31)12-34/h10,16,20H,2-9,11-12,14-15,17-18,36H2,1H3/t20-,29+/m1/s1. The zero-order valence-corrected chi connectivity index (χ0v) is 26.3. The molecule has 9 nitrogen and oxygen atoms in total. The van der Waals surface area contributed by atoms with Crippen molar-refractivity contribution >= 4 is 17.7 Å². The summed E-state index contributed by atoms with van der Waals surface area (Å²) in [5.41, 5.74) is 10.5. The fraction of sp³-hybridized carbons (Fsp3) is 0.600. The Morgan fingerprint density at radius 3 is 3.00 bits per heavy atom. The molecular formula is C30H36F3IN6O3. The summed E-state index contributed by atoms with van der Waals surface area (Å²) in [4.78, 5) is 9.56. The van der Waals surface area contributed by atoms with Gasteiger partial charge in [-0.15, -0.1) is 0 Å². The Morgan fingerprint density at radius 1 is 1.30 bits per heavy atom. The molecule has 13 heteroatoms. The average Bonchev–Trinajstić information content (AvgIpc) is 3.42. The molecule has 1 unspecified atom stereocenters. The number of ether oxygens (including phenoxy) is 3. The van der Waals surface area contributed by atoms with E-state index in [-0.39, 0.29) is 25.8 Å². The molecule has 7 rings (SSSR count). The van der Waals surface area contributed by atoms with Gasteiger partial charge in [-0.3, -0.25) is 0 Å². The Morgan fingerprint density at radius 2 is 2.16 bits per heavy atom. The minimum atomic E-state index is -3.18. The van der Waals surface area contributed by atoms with Gasteiger partial charge >= 0.3 is 254 Å². The van der Waals surface area contributed by atoms with Gasteiger partial charge in [0.15, 0.2) is 0 Å². The van der Waals surface area contributed by atoms with Gasteiger partial charge < -0.3 is 0 Å². The van der Waals surface area contributed by atoms with E-state index in [1.165, 1.54) is 4.58 Å². The third kappa shape index (κ3) is 5.07. The van der Waals surface area contributed by atoms with E-state index in [4.69, 9.17) is 24.9 Å². The van der Waals surface area contributed by atoms with Crippen LogP contribution in [0.3, 0.4) is 0 Å². The molecule has 1 aromatic heterocycles. The van der Waals surface area contributed by atoms with E-state index in [0.717, 1.165) is 53.1 Å². The molecule has 2 aromatic rings. The van der Waals surface area contributed by atoms with Gasteiger partial charge in [-0.05, 0) is 0 Å². The van der Waals surface area contributed by atoms with Crippen LogP contribution < -0.4 is 29.2 Å². The number of hydrogen-bond donors (Lipinski definition) is 1. The molecule has 2 saturated heterocycles. The summed E-state index contributed by atoms with van der Waals surface area (Å²) < 4.78 is 67.7. The average molecular weight is 713 g/mol. The van der Waals surface area contributed by atoms with Crippen molar-refractivity contribution in [3.8, 4) is 12.1 Å². The van der Waals surface area contributed by atoms with Crippen LogP contribution in [-0.2, 0) is 34.5 Å². The topological polar surface area (TPSA) is 110 Å². The monoisotopic (exact) mass is 712 g/mol. The minimum absolute atomic E-state index is 0.0818. The molecule has 1 aliphatic carbocycles. The number of nitriles is 1. The third-order valence-electron chi connectivity index (χ3n) is 9.28. The second kappa shape index (κ2) is 10.8. The van der Waals surface area contributed by atoms with Gasteiger partial charge in [0, 0.05) is 0 Å². The summed E-state index contributed by atoms with van der Waals surface area (Å²) >= 11 is -2.67. The van der Waals surface area contributed by atoms with Gasteiger partial charge in [-0.1, -0.05) is 0 Å². The van der Waals surface area contributed by atoms with Gasteiger partial charge in [0.1, 0.15) is 0 Å². The van der Waals surface area contributed by atoms with Crippen molar-refractivity contribution in [2.75, 3.05) is 52.1 Å². The molecule has 0 bridgehead atoms. The maximum absolute atomic E-state index is 14.7. The van der Waals surface area contributed by atoms with Crippen LogP contribution in [0.5, 0.6) is 6.01 Å².